The molecule has 0 atom stereocenters. The lowest BCUT2D eigenvalue weighted by molar-refractivity contribution is -0.113. The number of nitrogens with zero attached hydrogens (tertiary/aromatic N) is 1. The Hall–Kier alpha value is -2.36. The number of ether oxygens (including phenoxy) is 2. The molecule has 168 valence electrons. The van der Waals surface area contributed by atoms with Crippen molar-refractivity contribution in [3.8, 4) is 11.5 Å². The third-order valence-electron chi connectivity index (χ3n) is 4.91. The van der Waals surface area contributed by atoms with Gasteiger partial charge in [-0.15, -0.1) is 0 Å². The molecular formula is C26H22INO3S2. The highest BCUT2D eigenvalue weighted by Crippen LogP contribution is 2.39. The maximum Gasteiger partial charge on any atom is 0.270 e. The van der Waals surface area contributed by atoms with Crippen molar-refractivity contribution in [1.82, 2.24) is 0 Å². The van der Waals surface area contributed by atoms with Crippen LogP contribution in [0.3, 0.4) is 0 Å². The molecule has 7 heteroatoms. The first-order chi connectivity index (χ1) is 16.0. The molecule has 0 N–H and O–H groups in total. The lowest BCUT2D eigenvalue weighted by atomic mass is 10.1. The highest BCUT2D eigenvalue weighted by Gasteiger charge is 2.33. The van der Waals surface area contributed by atoms with Crippen molar-refractivity contribution in [1.29, 1.82) is 0 Å². The molecule has 0 bridgehead atoms. The fraction of sp³-hybridized carbons (Fsp3) is 0.154. The SMILES string of the molecule is CCOc1cc(/C=C2\SC(=S)N(c3cccc(C)c3)C2=O)cc(I)c1OCc1ccccc1. The normalized spacial score (nSPS) is 14.8. The lowest BCUT2D eigenvalue weighted by Crippen LogP contribution is -2.27. The number of hydrogen-bond acceptors (Lipinski definition) is 5. The van der Waals surface area contributed by atoms with Crippen LogP contribution in [-0.2, 0) is 11.4 Å². The third kappa shape index (κ3) is 5.59. The Bertz CT molecular complexity index is 1230. The summed E-state index contributed by atoms with van der Waals surface area (Å²) in [5.74, 6) is 1.24. The zero-order valence-electron chi connectivity index (χ0n) is 18.2. The average molecular weight is 588 g/mol. The van der Waals surface area contributed by atoms with Gasteiger partial charge in [0.2, 0.25) is 0 Å². The van der Waals surface area contributed by atoms with Gasteiger partial charge in [0.15, 0.2) is 15.8 Å². The Morgan fingerprint density at radius 1 is 1.06 bits per heavy atom. The molecule has 0 saturated carbocycles. The Morgan fingerprint density at radius 2 is 1.85 bits per heavy atom. The minimum atomic E-state index is -0.118. The molecule has 1 amide bonds. The van der Waals surface area contributed by atoms with E-state index in [2.05, 4.69) is 22.6 Å². The second kappa shape index (κ2) is 10.7. The number of thiocarbonyl (C=S) groups is 1. The predicted molar refractivity (Wildman–Crippen MR) is 148 cm³/mol. The number of rotatable bonds is 7. The zero-order chi connectivity index (χ0) is 23.4. The van der Waals surface area contributed by atoms with Crippen LogP contribution in [0.1, 0.15) is 23.6 Å². The van der Waals surface area contributed by atoms with Crippen molar-refractivity contribution in [2.75, 3.05) is 11.5 Å². The van der Waals surface area contributed by atoms with Crippen molar-refractivity contribution >= 4 is 68.6 Å². The van der Waals surface area contributed by atoms with E-state index < -0.39 is 0 Å². The van der Waals surface area contributed by atoms with Crippen LogP contribution >= 0.6 is 46.6 Å². The van der Waals surface area contributed by atoms with Crippen LogP contribution < -0.4 is 14.4 Å². The van der Waals surface area contributed by atoms with Crippen LogP contribution in [0.5, 0.6) is 11.5 Å². The molecule has 0 radical (unpaired) electrons. The van der Waals surface area contributed by atoms with E-state index >= 15 is 0 Å². The summed E-state index contributed by atoms with van der Waals surface area (Å²) in [6.07, 6.45) is 1.86. The maximum absolute atomic E-state index is 13.1. The van der Waals surface area contributed by atoms with Crippen LogP contribution in [0.4, 0.5) is 5.69 Å². The molecule has 1 fully saturated rings. The summed E-state index contributed by atoms with van der Waals surface area (Å²) in [5, 5.41) is 0. The van der Waals surface area contributed by atoms with Gasteiger partial charge in [-0.1, -0.05) is 66.4 Å². The Labute approximate surface area is 217 Å². The van der Waals surface area contributed by atoms with Gasteiger partial charge < -0.3 is 9.47 Å². The number of hydrogen-bond donors (Lipinski definition) is 0. The molecule has 33 heavy (non-hydrogen) atoms. The molecule has 3 aromatic rings. The van der Waals surface area contributed by atoms with E-state index in [1.165, 1.54) is 11.8 Å². The van der Waals surface area contributed by atoms with Crippen molar-refractivity contribution in [2.45, 2.75) is 20.5 Å². The van der Waals surface area contributed by atoms with Crippen LogP contribution in [-0.4, -0.2) is 16.8 Å². The summed E-state index contributed by atoms with van der Waals surface area (Å²) in [5.41, 5.74) is 3.81. The number of carbonyl (C=O) groups is 1. The molecule has 1 aliphatic heterocycles. The van der Waals surface area contributed by atoms with Crippen LogP contribution in [0.2, 0.25) is 0 Å². The quantitative estimate of drug-likeness (QED) is 0.169. The fourth-order valence-electron chi connectivity index (χ4n) is 3.41. The van der Waals surface area contributed by atoms with Gasteiger partial charge in [-0.2, -0.15) is 0 Å². The van der Waals surface area contributed by atoms with E-state index in [4.69, 9.17) is 21.7 Å². The monoisotopic (exact) mass is 587 g/mol. The van der Waals surface area contributed by atoms with E-state index in [-0.39, 0.29) is 5.91 Å². The summed E-state index contributed by atoms with van der Waals surface area (Å²) in [6, 6.07) is 21.7. The van der Waals surface area contributed by atoms with Crippen molar-refractivity contribution in [3.05, 3.63) is 91.9 Å². The number of halogens is 1. The second-order valence-electron chi connectivity index (χ2n) is 7.39. The lowest BCUT2D eigenvalue weighted by Gasteiger charge is -2.15. The summed E-state index contributed by atoms with van der Waals surface area (Å²) in [6.45, 7) is 4.89. The number of carbonyl (C=O) groups excluding carboxylic acids is 1. The number of aryl methyl sites for hydroxylation is 1. The number of benzene rings is 3. The average Bonchev–Trinajstić information content (AvgIpc) is 3.07. The van der Waals surface area contributed by atoms with Crippen molar-refractivity contribution < 1.29 is 14.3 Å². The first-order valence-electron chi connectivity index (χ1n) is 10.4. The minimum absolute atomic E-state index is 0.118. The van der Waals surface area contributed by atoms with Gasteiger partial charge in [-0.3, -0.25) is 9.69 Å². The van der Waals surface area contributed by atoms with Gasteiger partial charge in [0.05, 0.1) is 20.8 Å². The molecule has 3 aromatic carbocycles. The van der Waals surface area contributed by atoms with E-state index in [1.54, 1.807) is 4.90 Å². The number of thioether (sulfide) groups is 1. The van der Waals surface area contributed by atoms with E-state index in [0.717, 1.165) is 25.9 Å². The van der Waals surface area contributed by atoms with E-state index in [1.807, 2.05) is 86.7 Å². The first kappa shape index (κ1) is 23.8. The topological polar surface area (TPSA) is 38.8 Å². The van der Waals surface area contributed by atoms with Gasteiger partial charge in [0.25, 0.3) is 5.91 Å². The van der Waals surface area contributed by atoms with Gasteiger partial charge in [-0.05, 0) is 83.5 Å². The summed E-state index contributed by atoms with van der Waals surface area (Å²) in [4.78, 5) is 15.3. The smallest absolute Gasteiger partial charge is 0.270 e. The molecular weight excluding hydrogens is 565 g/mol. The van der Waals surface area contributed by atoms with Crippen LogP contribution in [0.25, 0.3) is 6.08 Å². The second-order valence-corrected chi connectivity index (χ2v) is 10.2. The predicted octanol–water partition coefficient (Wildman–Crippen LogP) is 6.98. The maximum atomic E-state index is 13.1. The zero-order valence-corrected chi connectivity index (χ0v) is 22.0. The van der Waals surface area contributed by atoms with Gasteiger partial charge in [0, 0.05) is 0 Å². The highest BCUT2D eigenvalue weighted by atomic mass is 127. The first-order valence-corrected chi connectivity index (χ1v) is 12.7. The Morgan fingerprint density at radius 3 is 2.58 bits per heavy atom. The molecule has 0 spiro atoms. The van der Waals surface area contributed by atoms with Gasteiger partial charge in [0.1, 0.15) is 6.61 Å². The van der Waals surface area contributed by atoms with Crippen molar-refractivity contribution in [3.63, 3.8) is 0 Å². The Kier molecular flexibility index (Phi) is 7.72. The minimum Gasteiger partial charge on any atom is -0.490 e. The standard InChI is InChI=1S/C26H22INO3S2/c1-3-30-22-14-19(13-21(27)24(22)31-16-18-9-5-4-6-10-18)15-23-25(29)28(26(32)33-23)20-11-7-8-17(2)12-20/h4-15H,3,16H2,1-2H3/b23-15-. The third-order valence-corrected chi connectivity index (χ3v) is 7.01. The summed E-state index contributed by atoms with van der Waals surface area (Å²) < 4.78 is 13.4. The van der Waals surface area contributed by atoms with E-state index in [0.29, 0.717) is 33.9 Å². The number of amides is 1. The van der Waals surface area contributed by atoms with Crippen LogP contribution in [0.15, 0.2) is 71.6 Å². The Balaban J connectivity index is 1.61. The molecule has 0 aromatic heterocycles. The largest absolute Gasteiger partial charge is 0.490 e. The fourth-order valence-corrected chi connectivity index (χ4v) is 5.49. The van der Waals surface area contributed by atoms with Crippen LogP contribution in [0, 0.1) is 10.5 Å². The molecule has 1 aliphatic rings. The summed E-state index contributed by atoms with van der Waals surface area (Å²) >= 11 is 9.07. The molecule has 1 heterocycles. The van der Waals surface area contributed by atoms with Gasteiger partial charge >= 0.3 is 0 Å². The molecule has 4 nitrogen and oxygen atoms in total. The molecule has 4 rings (SSSR count). The van der Waals surface area contributed by atoms with Gasteiger partial charge in [-0.25, -0.2) is 0 Å². The molecule has 1 saturated heterocycles. The summed E-state index contributed by atoms with van der Waals surface area (Å²) in [7, 11) is 0. The highest BCUT2D eigenvalue weighted by molar-refractivity contribution is 14.1. The molecule has 0 aliphatic carbocycles. The number of anilines is 1. The van der Waals surface area contributed by atoms with Crippen molar-refractivity contribution in [2.24, 2.45) is 0 Å². The van der Waals surface area contributed by atoms with E-state index in [9.17, 15) is 4.79 Å². The molecule has 0 unspecified atom stereocenters.